The monoisotopic (exact) mass is 351 g/mol. The Balaban J connectivity index is 2.22. The Morgan fingerprint density at radius 3 is 2.52 bits per heavy atom. The van der Waals surface area contributed by atoms with Crippen molar-refractivity contribution >= 4 is 33.5 Å². The summed E-state index contributed by atoms with van der Waals surface area (Å²) in [6.07, 6.45) is 0. The highest BCUT2D eigenvalue weighted by atomic mass is 79.9. The van der Waals surface area contributed by atoms with Gasteiger partial charge < -0.3 is 10.1 Å². The van der Waals surface area contributed by atoms with E-state index in [1.807, 2.05) is 0 Å². The Morgan fingerprint density at radius 1 is 1.14 bits per heavy atom. The van der Waals surface area contributed by atoms with E-state index >= 15 is 0 Å². The molecule has 4 nitrogen and oxygen atoms in total. The van der Waals surface area contributed by atoms with Gasteiger partial charge in [-0.15, -0.1) is 0 Å². The Labute approximate surface area is 129 Å². The third kappa shape index (κ3) is 3.66. The maximum absolute atomic E-state index is 13.7. The summed E-state index contributed by atoms with van der Waals surface area (Å²) in [6, 6.07) is 10.3. The number of anilines is 1. The fraction of sp³-hybridized carbons (Fsp3) is 0.0667. The molecule has 0 bridgehead atoms. The molecule has 0 aromatic heterocycles. The smallest absolute Gasteiger partial charge is 0.337 e. The third-order valence-electron chi connectivity index (χ3n) is 2.73. The number of hydrogen-bond donors (Lipinski definition) is 1. The van der Waals surface area contributed by atoms with Crippen molar-refractivity contribution in [1.82, 2.24) is 0 Å². The molecule has 6 heteroatoms. The minimum absolute atomic E-state index is 0.0617. The molecule has 0 saturated carbocycles. The molecule has 21 heavy (non-hydrogen) atoms. The maximum Gasteiger partial charge on any atom is 0.337 e. The molecule has 2 rings (SSSR count). The van der Waals surface area contributed by atoms with Gasteiger partial charge in [-0.2, -0.15) is 0 Å². The number of halogens is 2. The number of nitrogens with one attached hydrogen (secondary N) is 1. The molecule has 0 aliphatic rings. The number of benzene rings is 2. The Hall–Kier alpha value is -2.21. The van der Waals surface area contributed by atoms with Gasteiger partial charge in [-0.1, -0.05) is 22.0 Å². The Morgan fingerprint density at radius 2 is 1.86 bits per heavy atom. The molecular weight excluding hydrogens is 341 g/mol. The molecule has 0 aliphatic carbocycles. The summed E-state index contributed by atoms with van der Waals surface area (Å²) in [6.45, 7) is 0. The van der Waals surface area contributed by atoms with Gasteiger partial charge in [-0.05, 0) is 36.4 Å². The summed E-state index contributed by atoms with van der Waals surface area (Å²) in [5, 5.41) is 2.45. The summed E-state index contributed by atoms with van der Waals surface area (Å²) >= 11 is 3.14. The van der Waals surface area contributed by atoms with Crippen LogP contribution in [-0.2, 0) is 4.74 Å². The van der Waals surface area contributed by atoms with Gasteiger partial charge in [0.25, 0.3) is 5.91 Å². The number of carbonyl (C=O) groups excluding carboxylic acids is 2. The van der Waals surface area contributed by atoms with E-state index in [1.165, 1.54) is 37.4 Å². The van der Waals surface area contributed by atoms with E-state index in [9.17, 15) is 14.0 Å². The van der Waals surface area contributed by atoms with Crippen molar-refractivity contribution in [3.05, 3.63) is 63.9 Å². The van der Waals surface area contributed by atoms with Gasteiger partial charge in [0.05, 0.1) is 18.4 Å². The second-order valence-electron chi connectivity index (χ2n) is 4.15. The zero-order valence-corrected chi connectivity index (χ0v) is 12.6. The van der Waals surface area contributed by atoms with Crippen molar-refractivity contribution in [2.45, 2.75) is 0 Å². The van der Waals surface area contributed by atoms with Gasteiger partial charge in [0, 0.05) is 10.0 Å². The average molecular weight is 352 g/mol. The van der Waals surface area contributed by atoms with Gasteiger partial charge >= 0.3 is 5.97 Å². The highest BCUT2D eigenvalue weighted by Gasteiger charge is 2.12. The normalized spacial score (nSPS) is 10.0. The van der Waals surface area contributed by atoms with E-state index in [0.29, 0.717) is 4.47 Å². The van der Waals surface area contributed by atoms with Gasteiger partial charge in [0.1, 0.15) is 5.82 Å². The van der Waals surface area contributed by atoms with Crippen molar-refractivity contribution in [2.75, 3.05) is 12.4 Å². The van der Waals surface area contributed by atoms with Gasteiger partial charge in [-0.3, -0.25) is 4.79 Å². The summed E-state index contributed by atoms with van der Waals surface area (Å²) in [4.78, 5) is 23.5. The second-order valence-corrected chi connectivity index (χ2v) is 5.07. The molecule has 0 unspecified atom stereocenters. The zero-order valence-electron chi connectivity index (χ0n) is 11.0. The van der Waals surface area contributed by atoms with Gasteiger partial charge in [-0.25, -0.2) is 9.18 Å². The SMILES string of the molecule is COC(=O)c1cccc(C(=O)Nc2ccc(Br)cc2F)c1. The Kier molecular flexibility index (Phi) is 4.70. The predicted octanol–water partition coefficient (Wildman–Crippen LogP) is 3.63. The van der Waals surface area contributed by atoms with Crippen LogP contribution < -0.4 is 5.32 Å². The van der Waals surface area contributed by atoms with Crippen molar-refractivity contribution in [2.24, 2.45) is 0 Å². The van der Waals surface area contributed by atoms with Gasteiger partial charge in [0.2, 0.25) is 0 Å². The van der Waals surface area contributed by atoms with Crippen LogP contribution in [0.1, 0.15) is 20.7 Å². The molecule has 0 aliphatic heterocycles. The highest BCUT2D eigenvalue weighted by Crippen LogP contribution is 2.20. The van der Waals surface area contributed by atoms with Crippen LogP contribution in [0.15, 0.2) is 46.9 Å². The molecule has 0 radical (unpaired) electrons. The first-order valence-corrected chi connectivity index (χ1v) is 6.75. The number of carbonyl (C=O) groups is 2. The molecule has 0 fully saturated rings. The van der Waals surface area contributed by atoms with Crippen molar-refractivity contribution < 1.29 is 18.7 Å². The van der Waals surface area contributed by atoms with E-state index in [-0.39, 0.29) is 16.8 Å². The maximum atomic E-state index is 13.7. The van der Waals surface area contributed by atoms with Crippen LogP contribution in [0.4, 0.5) is 10.1 Å². The van der Waals surface area contributed by atoms with E-state index in [1.54, 1.807) is 12.1 Å². The molecule has 0 atom stereocenters. The summed E-state index contributed by atoms with van der Waals surface area (Å²) < 4.78 is 18.8. The van der Waals surface area contributed by atoms with Crippen LogP contribution >= 0.6 is 15.9 Å². The lowest BCUT2D eigenvalue weighted by atomic mass is 10.1. The van der Waals surface area contributed by atoms with Crippen molar-refractivity contribution in [1.29, 1.82) is 0 Å². The highest BCUT2D eigenvalue weighted by molar-refractivity contribution is 9.10. The number of hydrogen-bond acceptors (Lipinski definition) is 3. The lowest BCUT2D eigenvalue weighted by Gasteiger charge is -2.07. The lowest BCUT2D eigenvalue weighted by molar-refractivity contribution is 0.0600. The number of amides is 1. The molecule has 0 spiro atoms. The molecule has 1 N–H and O–H groups in total. The first kappa shape index (κ1) is 15.2. The minimum atomic E-state index is -0.554. The van der Waals surface area contributed by atoms with Crippen LogP contribution in [0, 0.1) is 5.82 Å². The van der Waals surface area contributed by atoms with E-state index in [0.717, 1.165) is 0 Å². The lowest BCUT2D eigenvalue weighted by Crippen LogP contribution is -2.14. The fourth-order valence-corrected chi connectivity index (χ4v) is 2.02. The van der Waals surface area contributed by atoms with Crippen LogP contribution in [0.5, 0.6) is 0 Å². The standard InChI is InChI=1S/C15H11BrFNO3/c1-21-15(20)10-4-2-3-9(7-10)14(19)18-13-6-5-11(16)8-12(13)17/h2-8H,1H3,(H,18,19). The summed E-state index contributed by atoms with van der Waals surface area (Å²) in [5.74, 6) is -1.61. The summed E-state index contributed by atoms with van der Waals surface area (Å²) in [5.41, 5.74) is 0.549. The van der Waals surface area contributed by atoms with Crippen LogP contribution in [0.3, 0.4) is 0 Å². The molecule has 1 amide bonds. The minimum Gasteiger partial charge on any atom is -0.465 e. The molecule has 108 valence electrons. The summed E-state index contributed by atoms with van der Waals surface area (Å²) in [7, 11) is 1.26. The number of rotatable bonds is 3. The third-order valence-corrected chi connectivity index (χ3v) is 3.22. The first-order valence-electron chi connectivity index (χ1n) is 5.96. The fourth-order valence-electron chi connectivity index (χ4n) is 1.69. The second kappa shape index (κ2) is 6.49. The largest absolute Gasteiger partial charge is 0.465 e. The van der Waals surface area contributed by atoms with Crippen LogP contribution in [0.2, 0.25) is 0 Å². The van der Waals surface area contributed by atoms with E-state index in [4.69, 9.17) is 0 Å². The van der Waals surface area contributed by atoms with Crippen LogP contribution in [-0.4, -0.2) is 19.0 Å². The van der Waals surface area contributed by atoms with E-state index < -0.39 is 17.7 Å². The van der Waals surface area contributed by atoms with E-state index in [2.05, 4.69) is 26.0 Å². The number of esters is 1. The number of ether oxygens (including phenoxy) is 1. The molecule has 0 heterocycles. The van der Waals surface area contributed by atoms with Crippen molar-refractivity contribution in [3.63, 3.8) is 0 Å². The van der Waals surface area contributed by atoms with Gasteiger partial charge in [0.15, 0.2) is 0 Å². The zero-order chi connectivity index (χ0) is 15.4. The first-order chi connectivity index (χ1) is 10.0. The quantitative estimate of drug-likeness (QED) is 0.859. The average Bonchev–Trinajstić information content (AvgIpc) is 2.49. The molecule has 2 aromatic rings. The molecule has 0 saturated heterocycles. The Bertz CT molecular complexity index is 703. The van der Waals surface area contributed by atoms with Crippen molar-refractivity contribution in [3.8, 4) is 0 Å². The van der Waals surface area contributed by atoms with Crippen LogP contribution in [0.25, 0.3) is 0 Å². The molecule has 2 aromatic carbocycles. The number of methoxy groups -OCH3 is 1. The topological polar surface area (TPSA) is 55.4 Å². The predicted molar refractivity (Wildman–Crippen MR) is 79.8 cm³/mol. The molecular formula is C15H11BrFNO3.